The Hall–Kier alpha value is -2.51. The molecule has 0 fully saturated rings. The van der Waals surface area contributed by atoms with Crippen molar-refractivity contribution in [1.82, 2.24) is 9.78 Å². The standard InChI is InChI=1S/C14H14F3N3O2/c1-8(2)20-12(11(18)7-19-20)13(21)22-10-5-3-9(4-6-10)14(15,16)17/h3-8H,18H2,1-2H3. The largest absolute Gasteiger partial charge is 0.422 e. The van der Waals surface area contributed by atoms with E-state index in [0.29, 0.717) is 0 Å². The van der Waals surface area contributed by atoms with Gasteiger partial charge in [-0.2, -0.15) is 18.3 Å². The second kappa shape index (κ2) is 5.70. The number of aromatic nitrogens is 2. The third-order valence-electron chi connectivity index (χ3n) is 2.90. The van der Waals surface area contributed by atoms with Gasteiger partial charge in [0.25, 0.3) is 0 Å². The minimum absolute atomic E-state index is 0.00564. The third kappa shape index (κ3) is 3.21. The molecule has 0 aliphatic rings. The molecule has 5 nitrogen and oxygen atoms in total. The molecule has 0 aliphatic heterocycles. The van der Waals surface area contributed by atoms with Gasteiger partial charge in [0, 0.05) is 6.04 Å². The molecule has 2 rings (SSSR count). The summed E-state index contributed by atoms with van der Waals surface area (Å²) in [6.45, 7) is 3.61. The van der Waals surface area contributed by atoms with Gasteiger partial charge in [-0.15, -0.1) is 0 Å². The highest BCUT2D eigenvalue weighted by Crippen LogP contribution is 2.30. The molecule has 118 valence electrons. The Morgan fingerprint density at radius 2 is 1.86 bits per heavy atom. The molecule has 1 aromatic heterocycles. The second-order valence-corrected chi connectivity index (χ2v) is 4.90. The lowest BCUT2D eigenvalue weighted by atomic mass is 10.2. The lowest BCUT2D eigenvalue weighted by Gasteiger charge is -2.11. The number of nitrogens with two attached hydrogens (primary N) is 1. The maximum absolute atomic E-state index is 12.5. The van der Waals surface area contributed by atoms with E-state index in [-0.39, 0.29) is 23.2 Å². The van der Waals surface area contributed by atoms with Gasteiger partial charge < -0.3 is 10.5 Å². The van der Waals surface area contributed by atoms with Gasteiger partial charge in [-0.1, -0.05) is 0 Å². The van der Waals surface area contributed by atoms with Crippen LogP contribution in [0.2, 0.25) is 0 Å². The van der Waals surface area contributed by atoms with Gasteiger partial charge in [-0.3, -0.25) is 4.68 Å². The van der Waals surface area contributed by atoms with Gasteiger partial charge in [0.05, 0.1) is 17.4 Å². The molecule has 0 aliphatic carbocycles. The molecular formula is C14H14F3N3O2. The Labute approximate surface area is 124 Å². The monoisotopic (exact) mass is 313 g/mol. The fourth-order valence-electron chi connectivity index (χ4n) is 1.85. The minimum atomic E-state index is -4.44. The van der Waals surface area contributed by atoms with Gasteiger partial charge >= 0.3 is 12.1 Å². The predicted molar refractivity (Wildman–Crippen MR) is 73.4 cm³/mol. The van der Waals surface area contributed by atoms with E-state index >= 15 is 0 Å². The molecule has 0 radical (unpaired) electrons. The van der Waals surface area contributed by atoms with Crippen LogP contribution in [-0.4, -0.2) is 15.7 Å². The van der Waals surface area contributed by atoms with E-state index in [0.717, 1.165) is 24.3 Å². The first-order valence-electron chi connectivity index (χ1n) is 6.42. The zero-order chi connectivity index (χ0) is 16.5. The lowest BCUT2D eigenvalue weighted by Crippen LogP contribution is -2.18. The summed E-state index contributed by atoms with van der Waals surface area (Å²) in [7, 11) is 0. The highest BCUT2D eigenvalue weighted by atomic mass is 19.4. The number of hydrogen-bond donors (Lipinski definition) is 1. The normalized spacial score (nSPS) is 11.7. The van der Waals surface area contributed by atoms with E-state index in [2.05, 4.69) is 5.10 Å². The van der Waals surface area contributed by atoms with Crippen molar-refractivity contribution in [3.05, 3.63) is 41.7 Å². The molecule has 0 atom stereocenters. The van der Waals surface area contributed by atoms with Crippen molar-refractivity contribution in [3.8, 4) is 5.75 Å². The molecule has 0 spiro atoms. The van der Waals surface area contributed by atoms with E-state index in [9.17, 15) is 18.0 Å². The van der Waals surface area contributed by atoms with Crippen molar-refractivity contribution in [2.75, 3.05) is 5.73 Å². The van der Waals surface area contributed by atoms with Crippen molar-refractivity contribution in [2.24, 2.45) is 0 Å². The Balaban J connectivity index is 2.21. The number of alkyl halides is 3. The number of carbonyl (C=O) groups excluding carboxylic acids is 1. The topological polar surface area (TPSA) is 70.1 Å². The first-order chi connectivity index (χ1) is 10.2. The average Bonchev–Trinajstić information content (AvgIpc) is 2.80. The molecule has 0 unspecified atom stereocenters. The number of carbonyl (C=O) groups is 1. The molecule has 0 saturated carbocycles. The van der Waals surface area contributed by atoms with Crippen molar-refractivity contribution in [3.63, 3.8) is 0 Å². The maximum atomic E-state index is 12.5. The molecule has 22 heavy (non-hydrogen) atoms. The van der Waals surface area contributed by atoms with Crippen LogP contribution in [0.25, 0.3) is 0 Å². The fraction of sp³-hybridized carbons (Fsp3) is 0.286. The number of ether oxygens (including phenoxy) is 1. The fourth-order valence-corrected chi connectivity index (χ4v) is 1.85. The van der Waals surface area contributed by atoms with Crippen LogP contribution in [0.5, 0.6) is 5.75 Å². The lowest BCUT2D eigenvalue weighted by molar-refractivity contribution is -0.137. The van der Waals surface area contributed by atoms with Crippen molar-refractivity contribution >= 4 is 11.7 Å². The molecule has 1 heterocycles. The molecule has 0 saturated heterocycles. The van der Waals surface area contributed by atoms with Gasteiger partial charge in [0.2, 0.25) is 0 Å². The third-order valence-corrected chi connectivity index (χ3v) is 2.90. The molecule has 8 heteroatoms. The molecule has 0 amide bonds. The quantitative estimate of drug-likeness (QED) is 0.697. The van der Waals surface area contributed by atoms with Gasteiger partial charge in [0.15, 0.2) is 5.69 Å². The zero-order valence-electron chi connectivity index (χ0n) is 11.9. The summed E-state index contributed by atoms with van der Waals surface area (Å²) in [5.41, 5.74) is 5.07. The van der Waals surface area contributed by atoms with E-state index in [4.69, 9.17) is 10.5 Å². The molecule has 2 N–H and O–H groups in total. The highest BCUT2D eigenvalue weighted by Gasteiger charge is 2.30. The van der Waals surface area contributed by atoms with Crippen molar-refractivity contribution in [1.29, 1.82) is 0 Å². The first-order valence-corrected chi connectivity index (χ1v) is 6.42. The summed E-state index contributed by atoms with van der Waals surface area (Å²) < 4.78 is 43.8. The average molecular weight is 313 g/mol. The van der Waals surface area contributed by atoms with E-state index in [1.54, 1.807) is 13.8 Å². The van der Waals surface area contributed by atoms with Crippen LogP contribution in [0.4, 0.5) is 18.9 Å². The molecule has 2 aromatic rings. The smallest absolute Gasteiger partial charge is 0.416 e. The predicted octanol–water partition coefficient (Wildman–Crippen LogP) is 3.28. The number of hydrogen-bond acceptors (Lipinski definition) is 4. The number of rotatable bonds is 3. The second-order valence-electron chi connectivity index (χ2n) is 4.90. The van der Waals surface area contributed by atoms with E-state index in [1.165, 1.54) is 10.9 Å². The summed E-state index contributed by atoms with van der Waals surface area (Å²) in [6.07, 6.45) is -3.12. The van der Waals surface area contributed by atoms with Gasteiger partial charge in [0.1, 0.15) is 5.75 Å². The number of esters is 1. The van der Waals surface area contributed by atoms with Crippen molar-refractivity contribution in [2.45, 2.75) is 26.1 Å². The molecule has 1 aromatic carbocycles. The highest BCUT2D eigenvalue weighted by molar-refractivity contribution is 5.94. The summed E-state index contributed by atoms with van der Waals surface area (Å²) in [4.78, 5) is 12.1. The van der Waals surface area contributed by atoms with Crippen LogP contribution in [0.1, 0.15) is 35.9 Å². The van der Waals surface area contributed by atoms with Gasteiger partial charge in [-0.05, 0) is 38.1 Å². The zero-order valence-corrected chi connectivity index (χ0v) is 11.9. The number of nitrogens with zero attached hydrogens (tertiary/aromatic N) is 2. The van der Waals surface area contributed by atoms with Crippen LogP contribution in [-0.2, 0) is 6.18 Å². The van der Waals surface area contributed by atoms with Crippen LogP contribution < -0.4 is 10.5 Å². The minimum Gasteiger partial charge on any atom is -0.422 e. The Kier molecular flexibility index (Phi) is 4.11. The molecular weight excluding hydrogens is 299 g/mol. The SMILES string of the molecule is CC(C)n1ncc(N)c1C(=O)Oc1ccc(C(F)(F)F)cc1. The summed E-state index contributed by atoms with van der Waals surface area (Å²) in [5.74, 6) is -0.780. The number of anilines is 1. The van der Waals surface area contributed by atoms with Crippen LogP contribution in [0.3, 0.4) is 0 Å². The Morgan fingerprint density at radius 1 is 1.27 bits per heavy atom. The summed E-state index contributed by atoms with van der Waals surface area (Å²) in [6, 6.07) is 3.71. The number of nitrogen functional groups attached to an aromatic ring is 1. The summed E-state index contributed by atoms with van der Waals surface area (Å²) >= 11 is 0. The van der Waals surface area contributed by atoms with Crippen LogP contribution in [0.15, 0.2) is 30.5 Å². The van der Waals surface area contributed by atoms with Crippen molar-refractivity contribution < 1.29 is 22.7 Å². The van der Waals surface area contributed by atoms with Gasteiger partial charge in [-0.25, -0.2) is 4.79 Å². The van der Waals surface area contributed by atoms with Crippen LogP contribution in [0, 0.1) is 0 Å². The number of halogens is 3. The van der Waals surface area contributed by atoms with Crippen LogP contribution >= 0.6 is 0 Å². The van der Waals surface area contributed by atoms with E-state index < -0.39 is 17.7 Å². The van der Waals surface area contributed by atoms with E-state index in [1.807, 2.05) is 0 Å². The Morgan fingerprint density at radius 3 is 2.36 bits per heavy atom. The maximum Gasteiger partial charge on any atom is 0.416 e. The summed E-state index contributed by atoms with van der Waals surface area (Å²) in [5, 5.41) is 3.97. The first kappa shape index (κ1) is 15.9. The molecule has 0 bridgehead atoms. The number of benzene rings is 1. The Bertz CT molecular complexity index is 676.